The van der Waals surface area contributed by atoms with E-state index in [4.69, 9.17) is 0 Å². The van der Waals surface area contributed by atoms with Gasteiger partial charge in [-0.3, -0.25) is 9.59 Å². The molecule has 26 heavy (non-hydrogen) atoms. The Labute approximate surface area is 158 Å². The fourth-order valence-electron chi connectivity index (χ4n) is 2.57. The molecule has 0 radical (unpaired) electrons. The van der Waals surface area contributed by atoms with Crippen LogP contribution in [-0.2, 0) is 4.79 Å². The molecule has 0 saturated carbocycles. The molecule has 0 fully saturated rings. The van der Waals surface area contributed by atoms with E-state index in [1.165, 1.54) is 0 Å². The summed E-state index contributed by atoms with van der Waals surface area (Å²) in [7, 11) is 0. The van der Waals surface area contributed by atoms with Gasteiger partial charge in [0.1, 0.15) is 0 Å². The van der Waals surface area contributed by atoms with Gasteiger partial charge in [0.05, 0.1) is 12.8 Å². The zero-order chi connectivity index (χ0) is 18.5. The minimum Gasteiger partial charge on any atom is -0.358 e. The number of aromatic nitrogens is 1. The molecule has 0 aliphatic carbocycles. The van der Waals surface area contributed by atoms with E-state index < -0.39 is 5.91 Å². The highest BCUT2D eigenvalue weighted by Gasteiger charge is 2.08. The molecule has 1 heterocycles. The van der Waals surface area contributed by atoms with Gasteiger partial charge in [-0.1, -0.05) is 40.2 Å². The number of nitrogens with one attached hydrogen (secondary N) is 3. The molecule has 3 rings (SSSR count). The number of hydrogen-bond acceptors (Lipinski definition) is 3. The molecule has 3 N–H and O–H groups in total. The molecule has 0 saturated heterocycles. The van der Waals surface area contributed by atoms with Crippen LogP contribution in [0.3, 0.4) is 0 Å². The first-order chi connectivity index (χ1) is 12.5. The zero-order valence-electron chi connectivity index (χ0n) is 14.0. The summed E-state index contributed by atoms with van der Waals surface area (Å²) >= 11 is 3.31. The highest BCUT2D eigenvalue weighted by Crippen LogP contribution is 2.19. The Bertz CT molecular complexity index is 994. The van der Waals surface area contributed by atoms with Crippen LogP contribution in [0, 0.1) is 6.92 Å². The van der Waals surface area contributed by atoms with E-state index in [1.54, 1.807) is 24.4 Å². The summed E-state index contributed by atoms with van der Waals surface area (Å²) in [5, 5.41) is 7.58. The van der Waals surface area contributed by atoms with E-state index in [0.29, 0.717) is 5.56 Å². The monoisotopic (exact) mass is 412 g/mol. The average Bonchev–Trinajstić information content (AvgIpc) is 2.95. The maximum absolute atomic E-state index is 12.0. The molecule has 0 unspecified atom stereocenters. The van der Waals surface area contributed by atoms with Crippen LogP contribution in [-0.4, -0.2) is 29.6 Å². The first-order valence-electron chi connectivity index (χ1n) is 7.97. The molecule has 132 valence electrons. The number of rotatable bonds is 5. The van der Waals surface area contributed by atoms with Gasteiger partial charge in [-0.05, 0) is 31.2 Å². The molecular weight excluding hydrogens is 396 g/mol. The van der Waals surface area contributed by atoms with Crippen LogP contribution in [0.25, 0.3) is 10.9 Å². The number of fused-ring (bicyclic) bond motifs is 1. The van der Waals surface area contributed by atoms with Crippen molar-refractivity contribution in [1.82, 2.24) is 15.7 Å². The van der Waals surface area contributed by atoms with Gasteiger partial charge >= 0.3 is 0 Å². The van der Waals surface area contributed by atoms with Crippen LogP contribution >= 0.6 is 15.9 Å². The van der Waals surface area contributed by atoms with Gasteiger partial charge in [0.15, 0.2) is 0 Å². The van der Waals surface area contributed by atoms with Crippen LogP contribution in [0.4, 0.5) is 0 Å². The highest BCUT2D eigenvalue weighted by atomic mass is 79.9. The second kappa shape index (κ2) is 7.97. The predicted molar refractivity (Wildman–Crippen MR) is 105 cm³/mol. The van der Waals surface area contributed by atoms with Gasteiger partial charge in [0.2, 0.25) is 0 Å². The summed E-state index contributed by atoms with van der Waals surface area (Å²) in [5.41, 5.74) is 5.79. The van der Waals surface area contributed by atoms with Gasteiger partial charge in [-0.25, -0.2) is 5.43 Å². The summed E-state index contributed by atoms with van der Waals surface area (Å²) in [6, 6.07) is 14.8. The lowest BCUT2D eigenvalue weighted by atomic mass is 10.1. The highest BCUT2D eigenvalue weighted by molar-refractivity contribution is 9.10. The first kappa shape index (κ1) is 17.9. The quantitative estimate of drug-likeness (QED) is 0.444. The number of carbonyl (C=O) groups is 2. The number of hydrazone groups is 1. The molecular formula is C19H17BrN4O2. The molecule has 6 nitrogen and oxygen atoms in total. The van der Waals surface area contributed by atoms with Crippen molar-refractivity contribution in [2.24, 2.45) is 5.10 Å². The van der Waals surface area contributed by atoms with Crippen LogP contribution in [0.2, 0.25) is 0 Å². The van der Waals surface area contributed by atoms with Crippen LogP contribution in [0.1, 0.15) is 21.6 Å². The van der Waals surface area contributed by atoms with Gasteiger partial charge in [0.25, 0.3) is 11.8 Å². The van der Waals surface area contributed by atoms with Gasteiger partial charge in [-0.15, -0.1) is 0 Å². The number of halogens is 1. The zero-order valence-corrected chi connectivity index (χ0v) is 15.6. The predicted octanol–water partition coefficient (Wildman–Crippen LogP) is 3.12. The SMILES string of the molecule is Cc1[nH]c2ccccc2c1C=NNC(=O)CNC(=O)c1cccc(Br)c1. The summed E-state index contributed by atoms with van der Waals surface area (Å²) < 4.78 is 0.799. The molecule has 0 atom stereocenters. The maximum Gasteiger partial charge on any atom is 0.259 e. The lowest BCUT2D eigenvalue weighted by Crippen LogP contribution is -2.34. The third kappa shape index (κ3) is 4.18. The van der Waals surface area contributed by atoms with Crippen molar-refractivity contribution in [3.8, 4) is 0 Å². The van der Waals surface area contributed by atoms with E-state index in [1.807, 2.05) is 37.3 Å². The topological polar surface area (TPSA) is 86.3 Å². The fraction of sp³-hybridized carbons (Fsp3) is 0.105. The minimum atomic E-state index is -0.401. The molecule has 0 aliphatic rings. The van der Waals surface area contributed by atoms with Crippen molar-refractivity contribution < 1.29 is 9.59 Å². The number of hydrogen-bond donors (Lipinski definition) is 3. The Kier molecular flexibility index (Phi) is 5.48. The van der Waals surface area contributed by atoms with Crippen molar-refractivity contribution >= 4 is 44.9 Å². The Hall–Kier alpha value is -2.93. The number of para-hydroxylation sites is 1. The largest absolute Gasteiger partial charge is 0.358 e. The summed E-state index contributed by atoms with van der Waals surface area (Å²) in [6.45, 7) is 1.79. The number of nitrogens with zero attached hydrogens (tertiary/aromatic N) is 1. The van der Waals surface area contributed by atoms with Crippen molar-refractivity contribution in [2.45, 2.75) is 6.92 Å². The molecule has 2 amide bonds. The Morgan fingerprint density at radius 2 is 2.00 bits per heavy atom. The standard InChI is InChI=1S/C19H17BrN4O2/c1-12-16(15-7-2-3-8-17(15)23-12)10-22-24-18(25)11-21-19(26)13-5-4-6-14(20)9-13/h2-10,23H,11H2,1H3,(H,21,26)(H,24,25). The van der Waals surface area contributed by atoms with Crippen molar-refractivity contribution in [1.29, 1.82) is 0 Å². The van der Waals surface area contributed by atoms with E-state index >= 15 is 0 Å². The molecule has 0 aliphatic heterocycles. The number of amides is 2. The van der Waals surface area contributed by atoms with Gasteiger partial charge in [-0.2, -0.15) is 5.10 Å². The molecule has 7 heteroatoms. The van der Waals surface area contributed by atoms with E-state index in [9.17, 15) is 9.59 Å². The molecule has 1 aromatic heterocycles. The Morgan fingerprint density at radius 3 is 2.81 bits per heavy atom. The fourth-order valence-corrected chi connectivity index (χ4v) is 2.96. The number of aryl methyl sites for hydroxylation is 1. The third-order valence-corrected chi connectivity index (χ3v) is 4.32. The number of carbonyl (C=O) groups excluding carboxylic acids is 2. The first-order valence-corrected chi connectivity index (χ1v) is 8.77. The normalized spacial score (nSPS) is 11.0. The van der Waals surface area contributed by atoms with Gasteiger partial charge in [0, 0.05) is 32.2 Å². The summed E-state index contributed by atoms with van der Waals surface area (Å²) in [6.07, 6.45) is 1.60. The molecule has 3 aromatic rings. The minimum absolute atomic E-state index is 0.157. The van der Waals surface area contributed by atoms with E-state index in [-0.39, 0.29) is 12.5 Å². The van der Waals surface area contributed by atoms with E-state index in [2.05, 4.69) is 36.8 Å². The van der Waals surface area contributed by atoms with Crippen LogP contribution in [0.5, 0.6) is 0 Å². The smallest absolute Gasteiger partial charge is 0.259 e. The van der Waals surface area contributed by atoms with Crippen LogP contribution < -0.4 is 10.7 Å². The molecule has 0 bridgehead atoms. The van der Waals surface area contributed by atoms with Crippen molar-refractivity contribution in [2.75, 3.05) is 6.54 Å². The molecule has 2 aromatic carbocycles. The second-order valence-corrected chi connectivity index (χ2v) is 6.61. The number of aromatic amines is 1. The summed E-state index contributed by atoms with van der Waals surface area (Å²) in [4.78, 5) is 27.1. The Balaban J connectivity index is 1.56. The number of benzene rings is 2. The lowest BCUT2D eigenvalue weighted by Gasteiger charge is -2.04. The molecule has 0 spiro atoms. The second-order valence-electron chi connectivity index (χ2n) is 5.70. The lowest BCUT2D eigenvalue weighted by molar-refractivity contribution is -0.120. The van der Waals surface area contributed by atoms with Crippen molar-refractivity contribution in [3.05, 3.63) is 69.8 Å². The summed E-state index contributed by atoms with van der Waals surface area (Å²) in [5.74, 6) is -0.722. The van der Waals surface area contributed by atoms with Gasteiger partial charge < -0.3 is 10.3 Å². The maximum atomic E-state index is 12.0. The Morgan fingerprint density at radius 1 is 1.19 bits per heavy atom. The van der Waals surface area contributed by atoms with Crippen molar-refractivity contribution in [3.63, 3.8) is 0 Å². The average molecular weight is 413 g/mol. The van der Waals surface area contributed by atoms with Crippen LogP contribution in [0.15, 0.2) is 58.1 Å². The van der Waals surface area contributed by atoms with E-state index in [0.717, 1.165) is 26.6 Å². The number of H-pyrrole nitrogens is 1. The third-order valence-electron chi connectivity index (χ3n) is 3.82.